The maximum atomic E-state index is 10.9. The van der Waals surface area contributed by atoms with Crippen LogP contribution in [0, 0.1) is 10.1 Å². The molecule has 0 aliphatic rings. The van der Waals surface area contributed by atoms with Crippen LogP contribution >= 0.6 is 22.9 Å². The number of carbonyl (C=O) groups excluding carboxylic acids is 1. The first-order valence-corrected chi connectivity index (χ1v) is 4.24. The molecular weight excluding hydrogens is 289 g/mol. The highest BCUT2D eigenvalue weighted by Gasteiger charge is 2.09. The summed E-state index contributed by atoms with van der Waals surface area (Å²) in [6.07, 6.45) is 1.04. The molecule has 0 aliphatic heterocycles. The highest BCUT2D eigenvalue weighted by molar-refractivity contribution is 14.1. The SMILES string of the molecule is O=C(NI)c1ccc([N+](=O)[O-])cn1. The Hall–Kier alpha value is -1.25. The number of amides is 1. The lowest BCUT2D eigenvalue weighted by Crippen LogP contribution is -2.13. The molecule has 0 bridgehead atoms. The minimum absolute atomic E-state index is 0.134. The van der Waals surface area contributed by atoms with Crippen LogP contribution in [-0.4, -0.2) is 15.8 Å². The summed E-state index contributed by atoms with van der Waals surface area (Å²) in [5.41, 5.74) is 0.0185. The Morgan fingerprint density at radius 1 is 1.62 bits per heavy atom. The van der Waals surface area contributed by atoms with E-state index in [4.69, 9.17) is 0 Å². The monoisotopic (exact) mass is 293 g/mol. The summed E-state index contributed by atoms with van der Waals surface area (Å²) in [6.45, 7) is 0. The lowest BCUT2D eigenvalue weighted by Gasteiger charge is -1.95. The van der Waals surface area contributed by atoms with Gasteiger partial charge in [0.1, 0.15) is 11.9 Å². The van der Waals surface area contributed by atoms with Crippen LogP contribution in [-0.2, 0) is 0 Å². The van der Waals surface area contributed by atoms with Crippen LogP contribution in [0.5, 0.6) is 0 Å². The normalized spacial score (nSPS) is 9.31. The molecule has 0 aromatic carbocycles. The summed E-state index contributed by atoms with van der Waals surface area (Å²) in [7, 11) is 0. The summed E-state index contributed by atoms with van der Waals surface area (Å²) in [4.78, 5) is 24.2. The number of hydrogen-bond donors (Lipinski definition) is 1. The van der Waals surface area contributed by atoms with Crippen molar-refractivity contribution in [3.05, 3.63) is 34.1 Å². The van der Waals surface area contributed by atoms with Crippen molar-refractivity contribution in [1.82, 2.24) is 8.51 Å². The van der Waals surface area contributed by atoms with E-state index < -0.39 is 4.92 Å². The number of rotatable bonds is 2. The largest absolute Gasteiger partial charge is 0.293 e. The predicted octanol–water partition coefficient (Wildman–Crippen LogP) is 1.07. The molecule has 6 nitrogen and oxygen atoms in total. The topological polar surface area (TPSA) is 85.1 Å². The molecule has 0 radical (unpaired) electrons. The fourth-order valence-electron chi connectivity index (χ4n) is 0.677. The van der Waals surface area contributed by atoms with Crippen molar-refractivity contribution in [3.63, 3.8) is 0 Å². The zero-order chi connectivity index (χ0) is 9.84. The Labute approximate surface area is 87.0 Å². The minimum atomic E-state index is -0.571. The van der Waals surface area contributed by atoms with E-state index in [1.54, 1.807) is 22.9 Å². The molecule has 7 heteroatoms. The molecule has 68 valence electrons. The molecule has 0 aliphatic carbocycles. The Morgan fingerprint density at radius 3 is 2.69 bits per heavy atom. The third-order valence-electron chi connectivity index (χ3n) is 1.28. The van der Waals surface area contributed by atoms with Gasteiger partial charge in [-0.25, -0.2) is 4.98 Å². The molecule has 0 spiro atoms. The van der Waals surface area contributed by atoms with E-state index in [-0.39, 0.29) is 17.3 Å². The second-order valence-electron chi connectivity index (χ2n) is 2.08. The van der Waals surface area contributed by atoms with Gasteiger partial charge in [0.05, 0.1) is 27.8 Å². The van der Waals surface area contributed by atoms with Crippen LogP contribution < -0.4 is 3.53 Å². The Bertz CT molecular complexity index is 337. The van der Waals surface area contributed by atoms with Crippen LogP contribution in [0.25, 0.3) is 0 Å². The van der Waals surface area contributed by atoms with Gasteiger partial charge < -0.3 is 0 Å². The molecule has 1 N–H and O–H groups in total. The molecule has 1 aromatic heterocycles. The van der Waals surface area contributed by atoms with E-state index >= 15 is 0 Å². The molecule has 13 heavy (non-hydrogen) atoms. The van der Waals surface area contributed by atoms with Gasteiger partial charge in [0.2, 0.25) is 0 Å². The average Bonchev–Trinajstić information content (AvgIpc) is 2.17. The van der Waals surface area contributed by atoms with E-state index in [1.165, 1.54) is 12.1 Å². The quantitative estimate of drug-likeness (QED) is 0.382. The summed E-state index contributed by atoms with van der Waals surface area (Å²) in [5.74, 6) is -0.379. The standard InChI is InChI=1S/C6H4IN3O3/c7-9-6(11)5-2-1-4(3-8-5)10(12)13/h1-3H,(H,9,11). The summed E-state index contributed by atoms with van der Waals surface area (Å²) in [5, 5.41) is 10.2. The molecule has 0 saturated carbocycles. The van der Waals surface area contributed by atoms with Gasteiger partial charge in [-0.1, -0.05) is 0 Å². The highest BCUT2D eigenvalue weighted by atomic mass is 127. The van der Waals surface area contributed by atoms with E-state index in [0.29, 0.717) is 0 Å². The van der Waals surface area contributed by atoms with Crippen LogP contribution in [0.15, 0.2) is 18.3 Å². The van der Waals surface area contributed by atoms with Crippen molar-refractivity contribution in [3.8, 4) is 0 Å². The van der Waals surface area contributed by atoms with Gasteiger partial charge in [-0.2, -0.15) is 0 Å². The fraction of sp³-hybridized carbons (Fsp3) is 0. The van der Waals surface area contributed by atoms with Crippen LogP contribution in [0.1, 0.15) is 10.5 Å². The van der Waals surface area contributed by atoms with Crippen molar-refractivity contribution in [1.29, 1.82) is 0 Å². The molecule has 1 heterocycles. The minimum Gasteiger partial charge on any atom is -0.293 e. The average molecular weight is 293 g/mol. The molecule has 0 unspecified atom stereocenters. The van der Waals surface area contributed by atoms with E-state index in [2.05, 4.69) is 8.51 Å². The Morgan fingerprint density at radius 2 is 2.31 bits per heavy atom. The first-order valence-electron chi connectivity index (χ1n) is 3.16. The van der Waals surface area contributed by atoms with Gasteiger partial charge in [-0.05, 0) is 6.07 Å². The van der Waals surface area contributed by atoms with Gasteiger partial charge in [0, 0.05) is 6.07 Å². The number of nitrogens with zero attached hydrogens (tertiary/aromatic N) is 2. The van der Waals surface area contributed by atoms with Crippen molar-refractivity contribution >= 4 is 34.5 Å². The number of nitro groups is 1. The number of pyridine rings is 1. The maximum Gasteiger partial charge on any atom is 0.287 e. The molecule has 1 amide bonds. The van der Waals surface area contributed by atoms with Crippen LogP contribution in [0.4, 0.5) is 5.69 Å². The van der Waals surface area contributed by atoms with E-state index in [1.807, 2.05) is 0 Å². The molecule has 0 saturated heterocycles. The molecule has 0 fully saturated rings. The number of halogens is 1. The number of aromatic nitrogens is 1. The molecular formula is C6H4IN3O3. The second kappa shape index (κ2) is 4.12. The predicted molar refractivity (Wildman–Crippen MR) is 52.4 cm³/mol. The van der Waals surface area contributed by atoms with Gasteiger partial charge in [-0.3, -0.25) is 18.4 Å². The third-order valence-corrected chi connectivity index (χ3v) is 1.77. The first-order chi connectivity index (χ1) is 6.15. The summed E-state index contributed by atoms with van der Waals surface area (Å²) in [6, 6.07) is 2.53. The number of carbonyl (C=O) groups is 1. The number of nitrogens with one attached hydrogen (secondary N) is 1. The van der Waals surface area contributed by atoms with Gasteiger partial charge in [0.15, 0.2) is 0 Å². The lowest BCUT2D eigenvalue weighted by atomic mass is 10.3. The Balaban J connectivity index is 2.93. The van der Waals surface area contributed by atoms with Crippen molar-refractivity contribution in [2.24, 2.45) is 0 Å². The molecule has 0 atom stereocenters. The van der Waals surface area contributed by atoms with Crippen LogP contribution in [0.2, 0.25) is 0 Å². The zero-order valence-electron chi connectivity index (χ0n) is 6.23. The Kier molecular flexibility index (Phi) is 3.12. The fourth-order valence-corrected chi connectivity index (χ4v) is 0.953. The lowest BCUT2D eigenvalue weighted by molar-refractivity contribution is -0.385. The molecule has 1 rings (SSSR count). The highest BCUT2D eigenvalue weighted by Crippen LogP contribution is 2.08. The van der Waals surface area contributed by atoms with E-state index in [0.717, 1.165) is 6.20 Å². The van der Waals surface area contributed by atoms with Crippen molar-refractivity contribution < 1.29 is 9.72 Å². The zero-order valence-corrected chi connectivity index (χ0v) is 8.39. The van der Waals surface area contributed by atoms with Crippen molar-refractivity contribution in [2.75, 3.05) is 0 Å². The molecule has 1 aromatic rings. The van der Waals surface area contributed by atoms with Gasteiger partial charge >= 0.3 is 0 Å². The van der Waals surface area contributed by atoms with Crippen molar-refractivity contribution in [2.45, 2.75) is 0 Å². The van der Waals surface area contributed by atoms with Gasteiger partial charge in [-0.15, -0.1) is 0 Å². The smallest absolute Gasteiger partial charge is 0.287 e. The van der Waals surface area contributed by atoms with E-state index in [9.17, 15) is 14.9 Å². The summed E-state index contributed by atoms with van der Waals surface area (Å²) >= 11 is 1.67. The van der Waals surface area contributed by atoms with Gasteiger partial charge in [0.25, 0.3) is 11.6 Å². The maximum absolute atomic E-state index is 10.9. The third kappa shape index (κ3) is 2.34. The second-order valence-corrected chi connectivity index (χ2v) is 2.62. The first kappa shape index (κ1) is 9.84. The van der Waals surface area contributed by atoms with Crippen LogP contribution in [0.3, 0.4) is 0 Å². The summed E-state index contributed by atoms with van der Waals surface area (Å²) < 4.78 is 2.33. The number of hydrogen-bond acceptors (Lipinski definition) is 4.